The monoisotopic (exact) mass is 358 g/mol. The molecule has 0 aliphatic heterocycles. The van der Waals surface area contributed by atoms with Crippen LogP contribution in [0.3, 0.4) is 0 Å². The van der Waals surface area contributed by atoms with Crippen LogP contribution in [0, 0.1) is 0 Å². The number of amides is 1. The lowest BCUT2D eigenvalue weighted by Gasteiger charge is -2.21. The highest BCUT2D eigenvalue weighted by molar-refractivity contribution is 6.32. The minimum Gasteiger partial charge on any atom is -0.464 e. The number of benzene rings is 1. The number of aliphatic hydroxyl groups is 1. The van der Waals surface area contributed by atoms with Crippen molar-refractivity contribution >= 4 is 25.2 Å². The lowest BCUT2D eigenvalue weighted by atomic mass is 9.93. The van der Waals surface area contributed by atoms with Crippen LogP contribution in [-0.4, -0.2) is 63.9 Å². The van der Waals surface area contributed by atoms with Gasteiger partial charge in [-0.05, 0) is 24.1 Å². The van der Waals surface area contributed by atoms with Crippen molar-refractivity contribution in [3.8, 4) is 0 Å². The number of carbonyl (C=O) groups is 2. The number of aliphatic hydroxyl groups excluding tert-OH is 1. The molecule has 9 nitrogen and oxygen atoms in total. The molecule has 0 saturated heterocycles. The van der Waals surface area contributed by atoms with Crippen LogP contribution < -0.4 is 10.8 Å². The Hall–Kier alpha value is -2.88. The van der Waals surface area contributed by atoms with Crippen molar-refractivity contribution in [1.29, 1.82) is 0 Å². The first-order valence-electron chi connectivity index (χ1n) is 8.00. The molecule has 0 spiro atoms. The number of rotatable bonds is 8. The molecule has 0 aliphatic carbocycles. The summed E-state index contributed by atoms with van der Waals surface area (Å²) in [6, 6.07) is 6.42. The molecule has 1 aromatic carbocycles. The van der Waals surface area contributed by atoms with E-state index in [9.17, 15) is 14.7 Å². The predicted octanol–water partition coefficient (Wildman–Crippen LogP) is -1.04. The van der Waals surface area contributed by atoms with Gasteiger partial charge in [0.25, 0.3) is 5.91 Å². The SMILES string of the molecule is [B]c1ccc(CC(C[C@@H](O)C(=O)OCC)NC(=O)c2cn(O)nn2)cc1. The van der Waals surface area contributed by atoms with Crippen molar-refractivity contribution in [2.75, 3.05) is 6.61 Å². The summed E-state index contributed by atoms with van der Waals surface area (Å²) in [6.45, 7) is 1.78. The fourth-order valence-electron chi connectivity index (χ4n) is 2.35. The molecule has 1 amide bonds. The number of esters is 1. The van der Waals surface area contributed by atoms with Gasteiger partial charge in [0.15, 0.2) is 11.8 Å². The van der Waals surface area contributed by atoms with Crippen LogP contribution in [0.15, 0.2) is 30.5 Å². The number of hydrogen-bond donors (Lipinski definition) is 3. The Morgan fingerprint density at radius 3 is 2.62 bits per heavy atom. The fourth-order valence-corrected chi connectivity index (χ4v) is 2.35. The number of aromatic nitrogens is 3. The molecule has 2 aromatic rings. The third-order valence-corrected chi connectivity index (χ3v) is 3.58. The van der Waals surface area contributed by atoms with Gasteiger partial charge in [0.1, 0.15) is 7.85 Å². The molecule has 2 rings (SSSR count). The van der Waals surface area contributed by atoms with Crippen molar-refractivity contribution in [2.24, 2.45) is 0 Å². The Balaban J connectivity index is 2.10. The summed E-state index contributed by atoms with van der Waals surface area (Å²) >= 11 is 0. The van der Waals surface area contributed by atoms with Gasteiger partial charge in [0, 0.05) is 12.5 Å². The smallest absolute Gasteiger partial charge is 0.335 e. The van der Waals surface area contributed by atoms with Crippen LogP contribution in [0.1, 0.15) is 29.4 Å². The van der Waals surface area contributed by atoms with Crippen molar-refractivity contribution in [2.45, 2.75) is 31.9 Å². The summed E-state index contributed by atoms with van der Waals surface area (Å²) < 4.78 is 4.79. The molecule has 2 atom stereocenters. The van der Waals surface area contributed by atoms with E-state index in [4.69, 9.17) is 17.8 Å². The van der Waals surface area contributed by atoms with E-state index in [1.165, 1.54) is 0 Å². The molecule has 1 heterocycles. The topological polar surface area (TPSA) is 127 Å². The van der Waals surface area contributed by atoms with E-state index in [-0.39, 0.29) is 18.7 Å². The van der Waals surface area contributed by atoms with Gasteiger partial charge in [0.05, 0.1) is 12.8 Å². The largest absolute Gasteiger partial charge is 0.464 e. The minimum atomic E-state index is -1.39. The maximum absolute atomic E-state index is 12.2. The molecule has 1 unspecified atom stereocenters. The molecule has 0 aliphatic rings. The highest BCUT2D eigenvalue weighted by Gasteiger charge is 2.24. The van der Waals surface area contributed by atoms with Gasteiger partial charge < -0.3 is 20.4 Å². The maximum atomic E-state index is 12.2. The fraction of sp³-hybridized carbons (Fsp3) is 0.375. The number of nitrogens with zero attached hydrogens (tertiary/aromatic N) is 3. The molecule has 0 fully saturated rings. The standard InChI is InChI=1S/C16H19BN4O5/c1-2-26-16(24)14(22)8-12(7-10-3-5-11(17)6-4-10)18-15(23)13-9-21(25)20-19-13/h3-6,9,12,14,22,25H,2,7-8H2,1H3,(H,18,23)/t12?,14-/m1/s1. The molecular formula is C16H19BN4O5. The van der Waals surface area contributed by atoms with Crippen LogP contribution in [0.2, 0.25) is 0 Å². The van der Waals surface area contributed by atoms with Crippen LogP contribution in [-0.2, 0) is 16.0 Å². The molecule has 2 radical (unpaired) electrons. The first kappa shape index (κ1) is 19.4. The second-order valence-corrected chi connectivity index (χ2v) is 5.64. The van der Waals surface area contributed by atoms with Crippen molar-refractivity contribution < 1.29 is 24.6 Å². The van der Waals surface area contributed by atoms with E-state index in [1.807, 2.05) is 0 Å². The van der Waals surface area contributed by atoms with Gasteiger partial charge >= 0.3 is 5.97 Å². The Morgan fingerprint density at radius 2 is 2.04 bits per heavy atom. The number of hydrogen-bond acceptors (Lipinski definition) is 7. The predicted molar refractivity (Wildman–Crippen MR) is 91.3 cm³/mol. The molecular weight excluding hydrogens is 339 g/mol. The molecule has 26 heavy (non-hydrogen) atoms. The van der Waals surface area contributed by atoms with Crippen LogP contribution >= 0.6 is 0 Å². The van der Waals surface area contributed by atoms with E-state index in [2.05, 4.69) is 15.6 Å². The van der Waals surface area contributed by atoms with Crippen molar-refractivity contribution in [3.05, 3.63) is 41.7 Å². The first-order chi connectivity index (χ1) is 12.4. The number of carbonyl (C=O) groups excluding carboxylic acids is 2. The van der Waals surface area contributed by atoms with Crippen LogP contribution in [0.4, 0.5) is 0 Å². The normalized spacial score (nSPS) is 13.0. The summed E-state index contributed by atoms with van der Waals surface area (Å²) in [5.41, 5.74) is 1.35. The summed E-state index contributed by atoms with van der Waals surface area (Å²) in [7, 11) is 5.66. The van der Waals surface area contributed by atoms with Crippen LogP contribution in [0.25, 0.3) is 0 Å². The number of ether oxygens (including phenoxy) is 1. The second kappa shape index (κ2) is 9.00. The third-order valence-electron chi connectivity index (χ3n) is 3.58. The Morgan fingerprint density at radius 1 is 1.35 bits per heavy atom. The average molecular weight is 358 g/mol. The average Bonchev–Trinajstić information content (AvgIpc) is 3.03. The molecule has 3 N–H and O–H groups in total. The molecule has 136 valence electrons. The van der Waals surface area contributed by atoms with E-state index < -0.39 is 24.0 Å². The van der Waals surface area contributed by atoms with E-state index in [1.54, 1.807) is 31.2 Å². The highest BCUT2D eigenvalue weighted by atomic mass is 16.5. The zero-order chi connectivity index (χ0) is 19.1. The lowest BCUT2D eigenvalue weighted by molar-refractivity contribution is -0.153. The zero-order valence-electron chi connectivity index (χ0n) is 14.2. The summed E-state index contributed by atoms with van der Waals surface area (Å²) in [5, 5.41) is 28.6. The van der Waals surface area contributed by atoms with E-state index in [0.29, 0.717) is 16.7 Å². The van der Waals surface area contributed by atoms with Gasteiger partial charge in [-0.2, -0.15) is 0 Å². The van der Waals surface area contributed by atoms with Crippen molar-refractivity contribution in [3.63, 3.8) is 0 Å². The van der Waals surface area contributed by atoms with E-state index >= 15 is 0 Å². The molecule has 1 aromatic heterocycles. The van der Waals surface area contributed by atoms with Crippen molar-refractivity contribution in [1.82, 2.24) is 20.5 Å². The van der Waals surface area contributed by atoms with Crippen LogP contribution in [0.5, 0.6) is 0 Å². The zero-order valence-corrected chi connectivity index (χ0v) is 14.2. The summed E-state index contributed by atoms with van der Waals surface area (Å²) in [5.74, 6) is -1.35. The molecule has 0 saturated carbocycles. The Kier molecular flexibility index (Phi) is 6.73. The maximum Gasteiger partial charge on any atom is 0.335 e. The van der Waals surface area contributed by atoms with Gasteiger partial charge in [-0.1, -0.05) is 34.6 Å². The van der Waals surface area contributed by atoms with Gasteiger partial charge in [-0.15, -0.1) is 5.10 Å². The number of nitrogens with one attached hydrogen (secondary N) is 1. The highest BCUT2D eigenvalue weighted by Crippen LogP contribution is 2.10. The summed E-state index contributed by atoms with van der Waals surface area (Å²) in [4.78, 5) is 24.3. The second-order valence-electron chi connectivity index (χ2n) is 5.64. The third kappa shape index (κ3) is 5.59. The summed E-state index contributed by atoms with van der Waals surface area (Å²) in [6.07, 6.45) is -0.0578. The van der Waals surface area contributed by atoms with E-state index in [0.717, 1.165) is 11.8 Å². The first-order valence-corrected chi connectivity index (χ1v) is 8.00. The Labute approximate surface area is 151 Å². The molecule has 10 heteroatoms. The quantitative estimate of drug-likeness (QED) is 0.313. The molecule has 0 bridgehead atoms. The van der Waals surface area contributed by atoms with Gasteiger partial charge in [-0.3, -0.25) is 4.79 Å². The van der Waals surface area contributed by atoms with Gasteiger partial charge in [0.2, 0.25) is 0 Å². The minimum absolute atomic E-state index is 0.0534. The Bertz CT molecular complexity index is 749. The lowest BCUT2D eigenvalue weighted by Crippen LogP contribution is -2.41. The van der Waals surface area contributed by atoms with Gasteiger partial charge in [-0.25, -0.2) is 4.79 Å².